The topological polar surface area (TPSA) is 32.8 Å². The minimum atomic E-state index is -0.113. The molecule has 0 aliphatic carbocycles. The first-order valence-corrected chi connectivity index (χ1v) is 9.92. The predicted molar refractivity (Wildman–Crippen MR) is 119 cm³/mol. The number of anilines is 1. The number of likely N-dealkylation sites (N-methyl/N-ethyl adjacent to an activating group) is 1. The van der Waals surface area contributed by atoms with Crippen LogP contribution in [0.25, 0.3) is 6.08 Å². The molecule has 0 unspecified atom stereocenters. The molecule has 1 fully saturated rings. The average molecular weight is 395 g/mol. The molecule has 0 atom stereocenters. The van der Waals surface area contributed by atoms with Gasteiger partial charge in [-0.15, -0.1) is 0 Å². The van der Waals surface area contributed by atoms with Crippen LogP contribution in [0.5, 0.6) is 5.75 Å². The molecule has 2 aromatic carbocycles. The third kappa shape index (κ3) is 3.67. The van der Waals surface area contributed by atoms with Crippen molar-refractivity contribution in [2.45, 2.75) is 33.6 Å². The van der Waals surface area contributed by atoms with E-state index in [1.807, 2.05) is 57.3 Å². The highest BCUT2D eigenvalue weighted by atomic mass is 32.1. The van der Waals surface area contributed by atoms with Gasteiger partial charge in [0.15, 0.2) is 5.11 Å². The second-order valence-electron chi connectivity index (χ2n) is 7.18. The highest BCUT2D eigenvalue weighted by molar-refractivity contribution is 7.80. The second kappa shape index (κ2) is 8.15. The van der Waals surface area contributed by atoms with Crippen molar-refractivity contribution in [2.75, 3.05) is 18.6 Å². The summed E-state index contributed by atoms with van der Waals surface area (Å²) in [4.78, 5) is 16.5. The third-order valence-corrected chi connectivity index (χ3v) is 5.35. The molecule has 0 bridgehead atoms. The molecule has 3 rings (SSSR count). The Hall–Kier alpha value is -2.66. The first kappa shape index (κ1) is 20.1. The van der Waals surface area contributed by atoms with Gasteiger partial charge < -0.3 is 9.64 Å². The third-order valence-electron chi connectivity index (χ3n) is 4.89. The lowest BCUT2D eigenvalue weighted by atomic mass is 9.96. The standard InChI is InChI=1S/C23H26N2O2S/c1-6-27-21-12-16(4)17(13-19(21)15(2)3)14-20-22(26)25(23(28)24(20)5)18-10-8-7-9-11-18/h7-15H,6H2,1-5H3. The number of carbonyl (C=O) groups is 1. The summed E-state index contributed by atoms with van der Waals surface area (Å²) in [6.07, 6.45) is 1.93. The summed E-state index contributed by atoms with van der Waals surface area (Å²) in [5, 5.41) is 0.482. The first-order valence-electron chi connectivity index (χ1n) is 9.51. The van der Waals surface area contributed by atoms with Crippen LogP contribution >= 0.6 is 12.2 Å². The number of benzene rings is 2. The van der Waals surface area contributed by atoms with E-state index in [1.165, 1.54) is 0 Å². The molecular weight excluding hydrogens is 368 g/mol. The summed E-state index contributed by atoms with van der Waals surface area (Å²) in [5.41, 5.74) is 4.54. The molecule has 1 aliphatic rings. The Kier molecular flexibility index (Phi) is 5.84. The molecule has 0 aromatic heterocycles. The summed E-state index contributed by atoms with van der Waals surface area (Å²) in [6.45, 7) is 8.93. The Morgan fingerprint density at radius 2 is 1.86 bits per heavy atom. The van der Waals surface area contributed by atoms with E-state index in [-0.39, 0.29) is 5.91 Å². The number of aryl methyl sites for hydroxylation is 1. The fraction of sp³-hybridized carbons (Fsp3) is 0.304. The molecule has 28 heavy (non-hydrogen) atoms. The van der Waals surface area contributed by atoms with Gasteiger partial charge in [-0.2, -0.15) is 0 Å². The highest BCUT2D eigenvalue weighted by Gasteiger charge is 2.36. The van der Waals surface area contributed by atoms with Gasteiger partial charge in [0.05, 0.1) is 12.3 Å². The predicted octanol–water partition coefficient (Wildman–Crippen LogP) is 5.12. The van der Waals surface area contributed by atoms with Gasteiger partial charge in [-0.05, 0) is 79.0 Å². The van der Waals surface area contributed by atoms with Crippen molar-refractivity contribution in [2.24, 2.45) is 0 Å². The average Bonchev–Trinajstić information content (AvgIpc) is 2.87. The van der Waals surface area contributed by atoms with E-state index in [2.05, 4.69) is 26.0 Å². The summed E-state index contributed by atoms with van der Waals surface area (Å²) in [7, 11) is 1.84. The molecule has 2 aromatic rings. The Labute approximate surface area is 172 Å². The molecule has 1 saturated heterocycles. The summed E-state index contributed by atoms with van der Waals surface area (Å²) in [5.74, 6) is 1.11. The van der Waals surface area contributed by atoms with Gasteiger partial charge in [0.25, 0.3) is 5.91 Å². The van der Waals surface area contributed by atoms with E-state index in [1.54, 1.807) is 9.80 Å². The van der Waals surface area contributed by atoms with Gasteiger partial charge in [0.1, 0.15) is 11.4 Å². The maximum Gasteiger partial charge on any atom is 0.281 e. The number of hydrogen-bond donors (Lipinski definition) is 0. The van der Waals surface area contributed by atoms with Crippen molar-refractivity contribution >= 4 is 35.0 Å². The van der Waals surface area contributed by atoms with Crippen LogP contribution in [0.2, 0.25) is 0 Å². The first-order chi connectivity index (χ1) is 13.3. The van der Waals surface area contributed by atoms with Crippen molar-refractivity contribution < 1.29 is 9.53 Å². The summed E-state index contributed by atoms with van der Waals surface area (Å²) >= 11 is 5.54. The highest BCUT2D eigenvalue weighted by Crippen LogP contribution is 2.33. The Morgan fingerprint density at radius 3 is 2.46 bits per heavy atom. The van der Waals surface area contributed by atoms with Gasteiger partial charge in [-0.1, -0.05) is 32.0 Å². The number of thiocarbonyl (C=S) groups is 1. The lowest BCUT2D eigenvalue weighted by molar-refractivity contribution is -0.114. The molecule has 0 radical (unpaired) electrons. The fourth-order valence-electron chi connectivity index (χ4n) is 3.31. The number of nitrogens with zero attached hydrogens (tertiary/aromatic N) is 2. The van der Waals surface area contributed by atoms with Crippen molar-refractivity contribution in [3.8, 4) is 5.75 Å². The van der Waals surface area contributed by atoms with E-state index in [0.717, 1.165) is 28.1 Å². The van der Waals surface area contributed by atoms with E-state index in [0.29, 0.717) is 23.3 Å². The molecular formula is C23H26N2O2S. The Bertz CT molecular complexity index is 935. The summed E-state index contributed by atoms with van der Waals surface area (Å²) in [6, 6.07) is 13.7. The van der Waals surface area contributed by atoms with Crippen LogP contribution < -0.4 is 9.64 Å². The smallest absolute Gasteiger partial charge is 0.281 e. The number of ether oxygens (including phenoxy) is 1. The lowest BCUT2D eigenvalue weighted by Crippen LogP contribution is -2.30. The maximum atomic E-state index is 13.1. The Morgan fingerprint density at radius 1 is 1.18 bits per heavy atom. The molecule has 5 heteroatoms. The van der Waals surface area contributed by atoms with Crippen LogP contribution in [0.1, 0.15) is 43.4 Å². The summed E-state index contributed by atoms with van der Waals surface area (Å²) < 4.78 is 5.81. The largest absolute Gasteiger partial charge is 0.494 e. The van der Waals surface area contributed by atoms with Crippen molar-refractivity contribution in [1.82, 2.24) is 4.90 Å². The van der Waals surface area contributed by atoms with Gasteiger partial charge in [0.2, 0.25) is 0 Å². The molecule has 146 valence electrons. The maximum absolute atomic E-state index is 13.1. The van der Waals surface area contributed by atoms with Crippen LogP contribution in [0, 0.1) is 6.92 Å². The van der Waals surface area contributed by atoms with Gasteiger partial charge >= 0.3 is 0 Å². The van der Waals surface area contributed by atoms with Crippen LogP contribution in [-0.4, -0.2) is 29.6 Å². The minimum absolute atomic E-state index is 0.113. The monoisotopic (exact) mass is 394 g/mol. The minimum Gasteiger partial charge on any atom is -0.494 e. The van der Waals surface area contributed by atoms with Crippen molar-refractivity contribution in [1.29, 1.82) is 0 Å². The van der Waals surface area contributed by atoms with E-state index in [9.17, 15) is 4.79 Å². The zero-order chi connectivity index (χ0) is 20.4. The van der Waals surface area contributed by atoms with E-state index in [4.69, 9.17) is 17.0 Å². The van der Waals surface area contributed by atoms with E-state index >= 15 is 0 Å². The van der Waals surface area contributed by atoms with Gasteiger partial charge in [-0.3, -0.25) is 9.69 Å². The number of hydrogen-bond acceptors (Lipinski definition) is 3. The van der Waals surface area contributed by atoms with Crippen LogP contribution in [-0.2, 0) is 4.79 Å². The number of para-hydroxylation sites is 1. The zero-order valence-corrected chi connectivity index (χ0v) is 17.8. The number of rotatable bonds is 5. The molecule has 0 saturated carbocycles. The number of carbonyl (C=O) groups excluding carboxylic acids is 1. The molecule has 0 spiro atoms. The molecule has 1 heterocycles. The lowest BCUT2D eigenvalue weighted by Gasteiger charge is -2.17. The molecule has 0 N–H and O–H groups in total. The van der Waals surface area contributed by atoms with Crippen LogP contribution in [0.3, 0.4) is 0 Å². The van der Waals surface area contributed by atoms with Crippen molar-refractivity contribution in [3.05, 3.63) is 64.9 Å². The fourth-order valence-corrected chi connectivity index (χ4v) is 3.60. The number of amides is 1. The van der Waals surface area contributed by atoms with Crippen molar-refractivity contribution in [3.63, 3.8) is 0 Å². The molecule has 1 amide bonds. The quantitative estimate of drug-likeness (QED) is 0.520. The SMILES string of the molecule is CCOc1cc(C)c(C=C2C(=O)N(c3ccccc3)C(=S)N2C)cc1C(C)C. The molecule has 1 aliphatic heterocycles. The van der Waals surface area contributed by atoms with E-state index < -0.39 is 0 Å². The molecule has 4 nitrogen and oxygen atoms in total. The van der Waals surface area contributed by atoms with Crippen LogP contribution in [0.4, 0.5) is 5.69 Å². The van der Waals surface area contributed by atoms with Gasteiger partial charge in [0, 0.05) is 7.05 Å². The Balaban J connectivity index is 2.05. The van der Waals surface area contributed by atoms with Crippen LogP contribution in [0.15, 0.2) is 48.2 Å². The zero-order valence-electron chi connectivity index (χ0n) is 17.0. The second-order valence-corrected chi connectivity index (χ2v) is 7.55. The normalized spacial score (nSPS) is 15.9. The van der Waals surface area contributed by atoms with Gasteiger partial charge in [-0.25, -0.2) is 0 Å².